The zero-order valence-corrected chi connectivity index (χ0v) is 24.5. The number of nitrogens with one attached hydrogen (secondary N) is 1. The first-order valence-corrected chi connectivity index (χ1v) is 14.2. The van der Waals surface area contributed by atoms with E-state index in [1.807, 2.05) is 0 Å². The predicted octanol–water partition coefficient (Wildman–Crippen LogP) is 5.48. The standard InChI is InChI=1S/C30H24ClF6N5O4/c1-28(26(38)44)12-46-24-18(28)9-21(40-23(24)14-4-5-20(32)19(31)8-14)29(45,30(35,36)37)11-39-25(43)15-6-16-10-42(27(33)34)41-22(16)17(7-15)13-2-3-13/h4-10,13,27,45H,2-3,11-12H2,1H3,(H2,38,44)(H,39,43)/t28-,29-/m0/s1. The van der Waals surface area contributed by atoms with Crippen LogP contribution in [0.4, 0.5) is 26.3 Å². The molecule has 0 saturated heterocycles. The van der Waals surface area contributed by atoms with E-state index >= 15 is 0 Å². The third-order valence-electron chi connectivity index (χ3n) is 8.34. The van der Waals surface area contributed by atoms with E-state index in [0.29, 0.717) is 10.2 Å². The minimum Gasteiger partial charge on any atom is -0.489 e. The lowest BCUT2D eigenvalue weighted by molar-refractivity contribution is -0.265. The van der Waals surface area contributed by atoms with Crippen LogP contribution in [0, 0.1) is 5.82 Å². The lowest BCUT2D eigenvalue weighted by Gasteiger charge is -2.31. The van der Waals surface area contributed by atoms with Crippen LogP contribution in [-0.4, -0.2) is 51.0 Å². The number of hydrogen-bond acceptors (Lipinski definition) is 6. The summed E-state index contributed by atoms with van der Waals surface area (Å²) in [5.74, 6) is -2.97. The molecule has 9 nitrogen and oxygen atoms in total. The number of pyridine rings is 1. The van der Waals surface area contributed by atoms with E-state index in [1.54, 1.807) is 0 Å². The molecule has 2 aromatic heterocycles. The van der Waals surface area contributed by atoms with Crippen LogP contribution in [0.25, 0.3) is 22.2 Å². The van der Waals surface area contributed by atoms with Gasteiger partial charge < -0.3 is 20.9 Å². The van der Waals surface area contributed by atoms with Crippen molar-refractivity contribution in [1.82, 2.24) is 20.1 Å². The quantitative estimate of drug-likeness (QED) is 0.213. The van der Waals surface area contributed by atoms with E-state index in [4.69, 9.17) is 22.1 Å². The summed E-state index contributed by atoms with van der Waals surface area (Å²) in [4.78, 5) is 29.7. The van der Waals surface area contributed by atoms with Crippen molar-refractivity contribution >= 4 is 34.3 Å². The van der Waals surface area contributed by atoms with Crippen molar-refractivity contribution in [2.45, 2.75) is 49.4 Å². The van der Waals surface area contributed by atoms with Crippen molar-refractivity contribution in [3.8, 4) is 17.0 Å². The van der Waals surface area contributed by atoms with Gasteiger partial charge in [-0.15, -0.1) is 0 Å². The number of nitrogens with zero attached hydrogens (tertiary/aromatic N) is 3. The second-order valence-corrected chi connectivity index (χ2v) is 12.0. The fourth-order valence-corrected chi connectivity index (χ4v) is 5.58. The number of alkyl halides is 5. The Morgan fingerprint density at radius 2 is 1.93 bits per heavy atom. The van der Waals surface area contributed by atoms with Crippen LogP contribution in [0.2, 0.25) is 5.02 Å². The van der Waals surface area contributed by atoms with E-state index in [9.17, 15) is 41.0 Å². The fourth-order valence-electron chi connectivity index (χ4n) is 5.40. The van der Waals surface area contributed by atoms with E-state index in [0.717, 1.165) is 37.2 Å². The normalized spacial score (nSPS) is 19.2. The molecule has 4 N–H and O–H groups in total. The molecule has 242 valence electrons. The molecule has 4 aromatic rings. The van der Waals surface area contributed by atoms with E-state index in [1.165, 1.54) is 25.1 Å². The Bertz CT molecular complexity index is 1910. The molecule has 46 heavy (non-hydrogen) atoms. The van der Waals surface area contributed by atoms with Crippen LogP contribution in [0.3, 0.4) is 0 Å². The molecule has 1 aliphatic carbocycles. The molecule has 3 heterocycles. The molecule has 2 aliphatic rings. The van der Waals surface area contributed by atoms with Crippen molar-refractivity contribution in [2.24, 2.45) is 5.73 Å². The van der Waals surface area contributed by atoms with Crippen molar-refractivity contribution < 1.29 is 45.8 Å². The minimum atomic E-state index is -5.44. The highest BCUT2D eigenvalue weighted by molar-refractivity contribution is 6.31. The Hall–Kier alpha value is -4.37. The molecule has 0 unspecified atom stereocenters. The van der Waals surface area contributed by atoms with Crippen molar-refractivity contribution in [1.29, 1.82) is 0 Å². The summed E-state index contributed by atoms with van der Waals surface area (Å²) in [7, 11) is 0. The van der Waals surface area contributed by atoms with Crippen molar-refractivity contribution in [3.63, 3.8) is 0 Å². The van der Waals surface area contributed by atoms with Crippen LogP contribution in [-0.2, 0) is 15.8 Å². The highest BCUT2D eigenvalue weighted by atomic mass is 35.5. The van der Waals surface area contributed by atoms with E-state index < -0.39 is 53.6 Å². The summed E-state index contributed by atoms with van der Waals surface area (Å²) >= 11 is 5.92. The van der Waals surface area contributed by atoms with Gasteiger partial charge in [-0.1, -0.05) is 11.6 Å². The first kappa shape index (κ1) is 31.6. The Balaban J connectivity index is 1.42. The number of aromatic nitrogens is 3. The zero-order chi connectivity index (χ0) is 33.3. The highest BCUT2D eigenvalue weighted by Crippen LogP contribution is 2.48. The van der Waals surface area contributed by atoms with Gasteiger partial charge in [0.1, 0.15) is 29.3 Å². The second-order valence-electron chi connectivity index (χ2n) is 11.6. The van der Waals surface area contributed by atoms with Gasteiger partial charge in [-0.3, -0.25) is 9.59 Å². The molecule has 0 bridgehead atoms. The van der Waals surface area contributed by atoms with Gasteiger partial charge in [-0.05, 0) is 67.6 Å². The number of carbonyl (C=O) groups excluding carboxylic acids is 2. The first-order chi connectivity index (χ1) is 21.5. The number of aliphatic hydroxyl groups is 1. The molecule has 2 atom stereocenters. The molecule has 16 heteroatoms. The third-order valence-corrected chi connectivity index (χ3v) is 8.63. The number of ether oxygens (including phenoxy) is 1. The summed E-state index contributed by atoms with van der Waals surface area (Å²) in [5.41, 5.74) is -0.680. The topological polar surface area (TPSA) is 132 Å². The van der Waals surface area contributed by atoms with Crippen LogP contribution >= 0.6 is 11.6 Å². The maximum absolute atomic E-state index is 14.7. The Labute approximate surface area is 261 Å². The molecule has 6 rings (SSSR count). The third kappa shape index (κ3) is 5.20. The molecule has 2 amide bonds. The number of carbonyl (C=O) groups is 2. The predicted molar refractivity (Wildman–Crippen MR) is 152 cm³/mol. The largest absolute Gasteiger partial charge is 0.489 e. The lowest BCUT2D eigenvalue weighted by Crippen LogP contribution is -2.51. The number of rotatable bonds is 8. The van der Waals surface area contributed by atoms with E-state index in [2.05, 4.69) is 15.4 Å². The van der Waals surface area contributed by atoms with Gasteiger partial charge in [-0.2, -0.15) is 27.1 Å². The van der Waals surface area contributed by atoms with Gasteiger partial charge >= 0.3 is 12.7 Å². The number of primary amides is 1. The molecule has 1 saturated carbocycles. The van der Waals surface area contributed by atoms with Gasteiger partial charge in [0.25, 0.3) is 5.91 Å². The molecule has 0 spiro atoms. The van der Waals surface area contributed by atoms with Crippen molar-refractivity contribution in [2.75, 3.05) is 13.2 Å². The van der Waals surface area contributed by atoms with Crippen LogP contribution < -0.4 is 15.8 Å². The molecule has 0 radical (unpaired) electrons. The average Bonchev–Trinajstić information content (AvgIpc) is 3.65. The molecular weight excluding hydrogens is 644 g/mol. The van der Waals surface area contributed by atoms with Crippen LogP contribution in [0.1, 0.15) is 59.4 Å². The summed E-state index contributed by atoms with van der Waals surface area (Å²) in [5, 5.41) is 17.1. The summed E-state index contributed by atoms with van der Waals surface area (Å²) < 4.78 is 90.9. The second kappa shape index (κ2) is 10.9. The zero-order valence-electron chi connectivity index (χ0n) is 23.8. The van der Waals surface area contributed by atoms with Gasteiger partial charge in [0.15, 0.2) is 0 Å². The molecular formula is C30H24ClF6N5O4. The Morgan fingerprint density at radius 1 is 1.22 bits per heavy atom. The van der Waals surface area contributed by atoms with Gasteiger partial charge in [0, 0.05) is 28.3 Å². The lowest BCUT2D eigenvalue weighted by atomic mass is 9.81. The molecule has 1 aliphatic heterocycles. The monoisotopic (exact) mass is 667 g/mol. The number of amides is 2. The minimum absolute atomic E-state index is 0.0111. The molecule has 2 aromatic carbocycles. The van der Waals surface area contributed by atoms with Gasteiger partial charge in [0.05, 0.1) is 22.8 Å². The van der Waals surface area contributed by atoms with Crippen LogP contribution in [0.15, 0.2) is 42.6 Å². The maximum atomic E-state index is 14.7. The smallest absolute Gasteiger partial charge is 0.424 e. The van der Waals surface area contributed by atoms with E-state index in [-0.39, 0.29) is 56.6 Å². The van der Waals surface area contributed by atoms with Gasteiger partial charge in [-0.25, -0.2) is 14.1 Å². The number of nitrogens with two attached hydrogens (primary N) is 1. The van der Waals surface area contributed by atoms with Crippen LogP contribution in [0.5, 0.6) is 5.75 Å². The Kier molecular flexibility index (Phi) is 7.47. The average molecular weight is 668 g/mol. The Morgan fingerprint density at radius 3 is 2.54 bits per heavy atom. The summed E-state index contributed by atoms with van der Waals surface area (Å²) in [6.45, 7) is -3.41. The highest BCUT2D eigenvalue weighted by Gasteiger charge is 2.57. The SMILES string of the molecule is C[C@]1(C(N)=O)COc2c1cc([C@@](O)(CNC(=O)c1cc(C3CC3)c3nn(C(F)F)cc3c1)C(F)(F)F)nc2-c1ccc(F)c(Cl)c1. The first-order valence-electron chi connectivity index (χ1n) is 13.9. The number of benzene rings is 2. The molecule has 1 fully saturated rings. The summed E-state index contributed by atoms with van der Waals surface area (Å²) in [6.07, 6.45) is -2.97. The summed E-state index contributed by atoms with van der Waals surface area (Å²) in [6, 6.07) is 6.64. The number of fused-ring (bicyclic) bond motifs is 2. The maximum Gasteiger partial charge on any atom is 0.424 e. The fraction of sp³-hybridized carbons (Fsp3) is 0.333. The van der Waals surface area contributed by atoms with Gasteiger partial charge in [0.2, 0.25) is 11.5 Å². The number of halogens is 7. The number of hydrogen-bond donors (Lipinski definition) is 3. The van der Waals surface area contributed by atoms with Crippen molar-refractivity contribution in [3.05, 3.63) is 75.8 Å².